The summed E-state index contributed by atoms with van der Waals surface area (Å²) < 4.78 is 9.65. The molecule has 0 fully saturated rings. The first-order chi connectivity index (χ1) is 8.06. The molecule has 1 aromatic rings. The van der Waals surface area contributed by atoms with Gasteiger partial charge in [-0.3, -0.25) is 4.79 Å². The van der Waals surface area contributed by atoms with Crippen LogP contribution in [-0.4, -0.2) is 25.2 Å². The summed E-state index contributed by atoms with van der Waals surface area (Å²) in [6.07, 6.45) is 0.848. The molecule has 0 aliphatic carbocycles. The van der Waals surface area contributed by atoms with Gasteiger partial charge in [0.1, 0.15) is 0 Å². The maximum atomic E-state index is 11.0. The minimum Gasteiger partial charge on any atom is -0.481 e. The second-order valence-electron chi connectivity index (χ2n) is 3.81. The molecule has 0 spiro atoms. The number of rotatable bonds is 5. The lowest BCUT2D eigenvalue weighted by molar-refractivity contribution is -0.140. The van der Waals surface area contributed by atoms with E-state index in [0.717, 1.165) is 11.3 Å². The van der Waals surface area contributed by atoms with Crippen molar-refractivity contribution in [1.82, 2.24) is 4.98 Å². The van der Waals surface area contributed by atoms with E-state index in [4.69, 9.17) is 10.5 Å². The number of carbonyl (C=O) groups is 1. The fourth-order valence-corrected chi connectivity index (χ4v) is 1.52. The van der Waals surface area contributed by atoms with E-state index in [0.29, 0.717) is 18.7 Å². The Morgan fingerprint density at radius 3 is 2.76 bits per heavy atom. The summed E-state index contributed by atoms with van der Waals surface area (Å²) in [7, 11) is 2.93. The average molecular weight is 238 g/mol. The summed E-state index contributed by atoms with van der Waals surface area (Å²) in [5.74, 6) is 0.284. The van der Waals surface area contributed by atoms with Crippen LogP contribution in [0.1, 0.15) is 30.1 Å². The topological polar surface area (TPSA) is 74.4 Å². The molecule has 94 valence electrons. The number of ether oxygens (including phenoxy) is 2. The third-order valence-corrected chi connectivity index (χ3v) is 2.48. The van der Waals surface area contributed by atoms with Crippen LogP contribution >= 0.6 is 0 Å². The van der Waals surface area contributed by atoms with Crippen molar-refractivity contribution in [3.8, 4) is 5.88 Å². The van der Waals surface area contributed by atoms with Crippen LogP contribution in [0, 0.1) is 6.92 Å². The molecule has 1 atom stereocenters. The molecule has 2 N–H and O–H groups in total. The molecule has 0 saturated heterocycles. The lowest BCUT2D eigenvalue weighted by Gasteiger charge is -2.13. The zero-order valence-corrected chi connectivity index (χ0v) is 10.4. The van der Waals surface area contributed by atoms with Crippen molar-refractivity contribution in [2.24, 2.45) is 5.73 Å². The van der Waals surface area contributed by atoms with Crippen LogP contribution in [0.2, 0.25) is 0 Å². The van der Waals surface area contributed by atoms with Gasteiger partial charge in [0.05, 0.1) is 14.2 Å². The molecule has 5 nitrogen and oxygen atoms in total. The van der Waals surface area contributed by atoms with Crippen molar-refractivity contribution in [3.63, 3.8) is 0 Å². The molecule has 0 bridgehead atoms. The molecule has 0 aliphatic heterocycles. The molecular formula is C12H18N2O3. The van der Waals surface area contributed by atoms with Gasteiger partial charge < -0.3 is 15.2 Å². The first-order valence-corrected chi connectivity index (χ1v) is 5.41. The van der Waals surface area contributed by atoms with Crippen LogP contribution in [0.25, 0.3) is 0 Å². The summed E-state index contributed by atoms with van der Waals surface area (Å²) in [6.45, 7) is 1.87. The Bertz CT molecular complexity index is 393. The second-order valence-corrected chi connectivity index (χ2v) is 3.81. The first-order valence-electron chi connectivity index (χ1n) is 5.41. The van der Waals surface area contributed by atoms with Crippen molar-refractivity contribution < 1.29 is 14.3 Å². The molecule has 1 heterocycles. The van der Waals surface area contributed by atoms with E-state index in [1.165, 1.54) is 7.11 Å². The first kappa shape index (κ1) is 13.4. The van der Waals surface area contributed by atoms with Gasteiger partial charge in [-0.05, 0) is 25.0 Å². The van der Waals surface area contributed by atoms with Gasteiger partial charge in [-0.1, -0.05) is 0 Å². The Labute approximate surface area is 101 Å². The largest absolute Gasteiger partial charge is 0.481 e. The lowest BCUT2D eigenvalue weighted by Crippen LogP contribution is -2.13. The van der Waals surface area contributed by atoms with Crippen LogP contribution in [-0.2, 0) is 9.53 Å². The van der Waals surface area contributed by atoms with Gasteiger partial charge >= 0.3 is 5.97 Å². The van der Waals surface area contributed by atoms with Crippen molar-refractivity contribution in [1.29, 1.82) is 0 Å². The van der Waals surface area contributed by atoms with Crippen molar-refractivity contribution in [2.75, 3.05) is 14.2 Å². The number of aromatic nitrogens is 1. The van der Waals surface area contributed by atoms with Gasteiger partial charge in [0.2, 0.25) is 5.88 Å². The molecule has 0 radical (unpaired) electrons. The Kier molecular flexibility index (Phi) is 4.90. The summed E-state index contributed by atoms with van der Waals surface area (Å²) in [6, 6.07) is 3.46. The van der Waals surface area contributed by atoms with Gasteiger partial charge in [-0.25, -0.2) is 4.98 Å². The van der Waals surface area contributed by atoms with Gasteiger partial charge in [0, 0.05) is 24.2 Å². The normalized spacial score (nSPS) is 12.0. The summed E-state index contributed by atoms with van der Waals surface area (Å²) in [5, 5.41) is 0. The highest BCUT2D eigenvalue weighted by atomic mass is 16.5. The highest BCUT2D eigenvalue weighted by molar-refractivity contribution is 5.69. The molecule has 1 unspecified atom stereocenters. The van der Waals surface area contributed by atoms with E-state index in [2.05, 4.69) is 9.72 Å². The average Bonchev–Trinajstić information content (AvgIpc) is 2.34. The maximum Gasteiger partial charge on any atom is 0.305 e. The highest BCUT2D eigenvalue weighted by Gasteiger charge is 2.11. The number of hydrogen-bond acceptors (Lipinski definition) is 5. The molecule has 0 amide bonds. The molecular weight excluding hydrogens is 220 g/mol. The Balaban J connectivity index is 2.71. The zero-order valence-electron chi connectivity index (χ0n) is 10.4. The number of aryl methyl sites for hydroxylation is 1. The third kappa shape index (κ3) is 4.03. The number of esters is 1. The van der Waals surface area contributed by atoms with Crippen LogP contribution in [0.4, 0.5) is 0 Å². The smallest absolute Gasteiger partial charge is 0.305 e. The second kappa shape index (κ2) is 6.20. The maximum absolute atomic E-state index is 11.0. The van der Waals surface area contributed by atoms with Crippen LogP contribution in [0.15, 0.2) is 12.1 Å². The van der Waals surface area contributed by atoms with Crippen molar-refractivity contribution in [2.45, 2.75) is 25.8 Å². The van der Waals surface area contributed by atoms with E-state index in [1.54, 1.807) is 13.2 Å². The standard InChI is InChI=1S/C12H18N2O3/c1-8-6-9(7-11(14-8)16-2)10(13)4-5-12(15)17-3/h6-7,10H,4-5,13H2,1-3H3. The molecule has 0 saturated carbocycles. The van der Waals surface area contributed by atoms with E-state index in [-0.39, 0.29) is 12.0 Å². The molecule has 0 aromatic carbocycles. The highest BCUT2D eigenvalue weighted by Crippen LogP contribution is 2.20. The summed E-state index contributed by atoms with van der Waals surface area (Å²) >= 11 is 0. The monoisotopic (exact) mass is 238 g/mol. The minimum atomic E-state index is -0.252. The Morgan fingerprint density at radius 2 is 2.18 bits per heavy atom. The summed E-state index contributed by atoms with van der Waals surface area (Å²) in [4.78, 5) is 15.2. The summed E-state index contributed by atoms with van der Waals surface area (Å²) in [5.41, 5.74) is 7.76. The SMILES string of the molecule is COC(=O)CCC(N)c1cc(C)nc(OC)c1. The molecule has 0 aliphatic rings. The van der Waals surface area contributed by atoms with Crippen LogP contribution < -0.4 is 10.5 Å². The number of nitrogens with two attached hydrogens (primary N) is 1. The van der Waals surface area contributed by atoms with E-state index in [1.807, 2.05) is 13.0 Å². The molecule has 17 heavy (non-hydrogen) atoms. The lowest BCUT2D eigenvalue weighted by atomic mass is 10.0. The zero-order chi connectivity index (χ0) is 12.8. The predicted molar refractivity (Wildman–Crippen MR) is 63.7 cm³/mol. The van der Waals surface area contributed by atoms with Crippen molar-refractivity contribution in [3.05, 3.63) is 23.4 Å². The van der Waals surface area contributed by atoms with E-state index >= 15 is 0 Å². The Hall–Kier alpha value is -1.62. The molecule has 5 heteroatoms. The van der Waals surface area contributed by atoms with Crippen LogP contribution in [0.3, 0.4) is 0 Å². The fraction of sp³-hybridized carbons (Fsp3) is 0.500. The van der Waals surface area contributed by atoms with E-state index in [9.17, 15) is 4.79 Å². The van der Waals surface area contributed by atoms with Crippen LogP contribution in [0.5, 0.6) is 5.88 Å². The third-order valence-electron chi connectivity index (χ3n) is 2.48. The van der Waals surface area contributed by atoms with Gasteiger partial charge in [-0.2, -0.15) is 0 Å². The number of pyridine rings is 1. The number of hydrogen-bond donors (Lipinski definition) is 1. The van der Waals surface area contributed by atoms with Gasteiger partial charge in [0.15, 0.2) is 0 Å². The van der Waals surface area contributed by atoms with Gasteiger partial charge in [-0.15, -0.1) is 0 Å². The minimum absolute atomic E-state index is 0.218. The fourth-order valence-electron chi connectivity index (χ4n) is 1.52. The number of methoxy groups -OCH3 is 2. The quantitative estimate of drug-likeness (QED) is 0.784. The molecule has 1 rings (SSSR count). The Morgan fingerprint density at radius 1 is 1.47 bits per heavy atom. The number of carbonyl (C=O) groups excluding carboxylic acids is 1. The van der Waals surface area contributed by atoms with Gasteiger partial charge in [0.25, 0.3) is 0 Å². The van der Waals surface area contributed by atoms with E-state index < -0.39 is 0 Å². The number of nitrogens with zero attached hydrogens (tertiary/aromatic N) is 1. The predicted octanol–water partition coefficient (Wildman–Crippen LogP) is 1.35. The van der Waals surface area contributed by atoms with Crippen molar-refractivity contribution >= 4 is 5.97 Å². The molecule has 1 aromatic heterocycles.